The zero-order valence-corrected chi connectivity index (χ0v) is 10.7. The molecule has 0 spiro atoms. The maximum Gasteiger partial charge on any atom is 0.139 e. The van der Waals surface area contributed by atoms with Crippen molar-refractivity contribution in [1.29, 1.82) is 0 Å². The van der Waals surface area contributed by atoms with Crippen LogP contribution >= 0.6 is 0 Å². The van der Waals surface area contributed by atoms with Crippen molar-refractivity contribution in [2.24, 2.45) is 0 Å². The monoisotopic (exact) mass is 271 g/mol. The van der Waals surface area contributed by atoms with E-state index in [-0.39, 0.29) is 16.5 Å². The van der Waals surface area contributed by atoms with Crippen LogP contribution < -0.4 is 5.32 Å². The summed E-state index contributed by atoms with van der Waals surface area (Å²) in [5, 5.41) is 3.34. The molecular weight excluding hydrogens is 256 g/mol. The summed E-state index contributed by atoms with van der Waals surface area (Å²) >= 11 is 0. The maximum atomic E-state index is 14.0. The van der Waals surface area contributed by atoms with Crippen LogP contribution in [0.4, 0.5) is 8.78 Å². The molecule has 0 saturated heterocycles. The third kappa shape index (κ3) is 2.21. The Morgan fingerprint density at radius 2 is 1.89 bits per heavy atom. The normalized spacial score (nSPS) is 27.7. The van der Waals surface area contributed by atoms with E-state index in [2.05, 4.69) is 5.32 Å². The van der Waals surface area contributed by atoms with Gasteiger partial charge in [-0.25, -0.2) is 8.78 Å². The molecule has 3 rings (SSSR count). The van der Waals surface area contributed by atoms with Crippen LogP contribution in [0.3, 0.4) is 0 Å². The van der Waals surface area contributed by atoms with Crippen molar-refractivity contribution in [3.8, 4) is 0 Å². The zero-order valence-electron chi connectivity index (χ0n) is 9.92. The first-order valence-electron chi connectivity index (χ1n) is 6.29. The molecule has 18 heavy (non-hydrogen) atoms. The lowest BCUT2D eigenvalue weighted by molar-refractivity contribution is 0.455. The quantitative estimate of drug-likeness (QED) is 0.896. The van der Waals surface area contributed by atoms with Gasteiger partial charge in [0, 0.05) is 23.4 Å². The Labute approximate surface area is 107 Å². The summed E-state index contributed by atoms with van der Waals surface area (Å²) in [7, 11) is -1.42. The Bertz CT molecular complexity index is 502. The lowest BCUT2D eigenvalue weighted by Gasteiger charge is -2.19. The second-order valence-corrected chi connectivity index (χ2v) is 6.46. The molecule has 1 aliphatic heterocycles. The second-order valence-electron chi connectivity index (χ2n) is 4.96. The van der Waals surface area contributed by atoms with Crippen molar-refractivity contribution >= 4 is 10.8 Å². The molecule has 1 N–H and O–H groups in total. The van der Waals surface area contributed by atoms with Crippen molar-refractivity contribution in [3.05, 3.63) is 29.3 Å². The molecule has 1 heterocycles. The van der Waals surface area contributed by atoms with Gasteiger partial charge in [0.25, 0.3) is 0 Å². The largest absolute Gasteiger partial charge is 0.307 e. The highest BCUT2D eigenvalue weighted by molar-refractivity contribution is 7.85. The van der Waals surface area contributed by atoms with E-state index >= 15 is 0 Å². The number of fused-ring (bicyclic) bond motifs is 1. The van der Waals surface area contributed by atoms with Crippen molar-refractivity contribution in [1.82, 2.24) is 5.32 Å². The number of halogens is 2. The standard InChI is InChI=1S/C13H15F2NOS/c14-9-5-6-10(15)13-12(9)11(16-8-3-4-8)2-1-7-18(13)17/h5-6,8,11,16H,1-4,7H2. The summed E-state index contributed by atoms with van der Waals surface area (Å²) in [6.07, 6.45) is 3.62. The molecule has 1 aromatic carbocycles. The fraction of sp³-hybridized carbons (Fsp3) is 0.538. The Morgan fingerprint density at radius 1 is 1.17 bits per heavy atom. The van der Waals surface area contributed by atoms with E-state index < -0.39 is 22.4 Å². The smallest absolute Gasteiger partial charge is 0.139 e. The van der Waals surface area contributed by atoms with E-state index in [1.807, 2.05) is 0 Å². The summed E-state index contributed by atoms with van der Waals surface area (Å²) in [6, 6.07) is 2.43. The average Bonchev–Trinajstić information content (AvgIpc) is 3.14. The third-order valence-electron chi connectivity index (χ3n) is 3.51. The molecule has 1 aromatic rings. The van der Waals surface area contributed by atoms with Crippen LogP contribution in [-0.2, 0) is 10.8 Å². The van der Waals surface area contributed by atoms with Crippen molar-refractivity contribution in [2.75, 3.05) is 5.75 Å². The Kier molecular flexibility index (Phi) is 3.20. The van der Waals surface area contributed by atoms with Crippen LogP contribution in [0.5, 0.6) is 0 Å². The molecule has 0 bridgehead atoms. The molecule has 0 radical (unpaired) electrons. The lowest BCUT2D eigenvalue weighted by atomic mass is 10.0. The minimum atomic E-state index is -1.42. The van der Waals surface area contributed by atoms with Gasteiger partial charge in [-0.2, -0.15) is 0 Å². The van der Waals surface area contributed by atoms with E-state index in [1.54, 1.807) is 0 Å². The van der Waals surface area contributed by atoms with E-state index in [0.717, 1.165) is 37.8 Å². The van der Waals surface area contributed by atoms with E-state index in [9.17, 15) is 13.0 Å². The van der Waals surface area contributed by atoms with Crippen LogP contribution in [-0.4, -0.2) is 16.0 Å². The summed E-state index contributed by atoms with van der Waals surface area (Å²) in [4.78, 5) is 0.0747. The summed E-state index contributed by atoms with van der Waals surface area (Å²) in [5.74, 6) is -0.579. The van der Waals surface area contributed by atoms with Gasteiger partial charge in [-0.15, -0.1) is 0 Å². The molecule has 98 valence electrons. The van der Waals surface area contributed by atoms with E-state index in [1.165, 1.54) is 0 Å². The van der Waals surface area contributed by atoms with Gasteiger partial charge in [0.2, 0.25) is 0 Å². The van der Waals surface area contributed by atoms with Gasteiger partial charge < -0.3 is 5.32 Å². The average molecular weight is 271 g/mol. The van der Waals surface area contributed by atoms with Crippen LogP contribution in [0.2, 0.25) is 0 Å². The Balaban J connectivity index is 2.07. The molecule has 2 unspecified atom stereocenters. The van der Waals surface area contributed by atoms with Crippen LogP contribution in [0, 0.1) is 11.6 Å². The molecule has 5 heteroatoms. The van der Waals surface area contributed by atoms with Crippen LogP contribution in [0.15, 0.2) is 17.0 Å². The minimum absolute atomic E-state index is 0.0747. The molecule has 0 aromatic heterocycles. The summed E-state index contributed by atoms with van der Waals surface area (Å²) in [6.45, 7) is 0. The van der Waals surface area contributed by atoms with Crippen LogP contribution in [0.1, 0.15) is 37.3 Å². The fourth-order valence-corrected chi connectivity index (χ4v) is 3.87. The minimum Gasteiger partial charge on any atom is -0.307 e. The number of hydrogen-bond donors (Lipinski definition) is 1. The highest BCUT2D eigenvalue weighted by atomic mass is 32.2. The summed E-state index contributed by atoms with van der Waals surface area (Å²) in [5.41, 5.74) is 0.290. The number of benzene rings is 1. The van der Waals surface area contributed by atoms with Gasteiger partial charge >= 0.3 is 0 Å². The molecule has 2 nitrogen and oxygen atoms in total. The van der Waals surface area contributed by atoms with Gasteiger partial charge in [-0.05, 0) is 37.8 Å². The summed E-state index contributed by atoms with van der Waals surface area (Å²) < 4.78 is 39.8. The van der Waals surface area contributed by atoms with E-state index in [0.29, 0.717) is 11.8 Å². The molecule has 2 atom stereocenters. The topological polar surface area (TPSA) is 29.1 Å². The predicted molar refractivity (Wildman–Crippen MR) is 65.8 cm³/mol. The van der Waals surface area contributed by atoms with Gasteiger partial charge in [0.1, 0.15) is 11.6 Å². The molecule has 1 fully saturated rings. The van der Waals surface area contributed by atoms with Gasteiger partial charge in [0.15, 0.2) is 0 Å². The van der Waals surface area contributed by atoms with Crippen molar-refractivity contribution in [3.63, 3.8) is 0 Å². The van der Waals surface area contributed by atoms with Crippen molar-refractivity contribution in [2.45, 2.75) is 42.7 Å². The molecule has 2 aliphatic rings. The first-order chi connectivity index (χ1) is 8.66. The number of hydrogen-bond acceptors (Lipinski definition) is 2. The third-order valence-corrected chi connectivity index (χ3v) is 5.04. The highest BCUT2D eigenvalue weighted by Gasteiger charge is 2.32. The Morgan fingerprint density at radius 3 is 2.61 bits per heavy atom. The first kappa shape index (κ1) is 12.2. The molecule has 1 saturated carbocycles. The highest BCUT2D eigenvalue weighted by Crippen LogP contribution is 2.35. The molecule has 0 amide bonds. The first-order valence-corrected chi connectivity index (χ1v) is 7.61. The van der Waals surface area contributed by atoms with Gasteiger partial charge in [-0.1, -0.05) is 0 Å². The number of rotatable bonds is 2. The van der Waals surface area contributed by atoms with E-state index in [4.69, 9.17) is 0 Å². The fourth-order valence-electron chi connectivity index (χ4n) is 2.47. The molecular formula is C13H15F2NOS. The lowest BCUT2D eigenvalue weighted by Crippen LogP contribution is -2.24. The van der Waals surface area contributed by atoms with Gasteiger partial charge in [-0.3, -0.25) is 4.21 Å². The van der Waals surface area contributed by atoms with Gasteiger partial charge in [0.05, 0.1) is 15.7 Å². The predicted octanol–water partition coefficient (Wildman–Crippen LogP) is 2.66. The maximum absolute atomic E-state index is 14.0. The number of nitrogens with one attached hydrogen (secondary N) is 1. The van der Waals surface area contributed by atoms with Crippen LogP contribution in [0.25, 0.3) is 0 Å². The zero-order chi connectivity index (χ0) is 12.7. The molecule has 1 aliphatic carbocycles. The van der Waals surface area contributed by atoms with Crippen molar-refractivity contribution < 1.29 is 13.0 Å². The second kappa shape index (κ2) is 4.70. The Hall–Kier alpha value is -0.810. The SMILES string of the molecule is O=S1CCCC(NC2CC2)c2c(F)ccc(F)c21.